The predicted octanol–water partition coefficient (Wildman–Crippen LogP) is 2.94. The summed E-state index contributed by atoms with van der Waals surface area (Å²) >= 11 is 0. The number of halogens is 1. The average molecular weight is 413 g/mol. The van der Waals surface area contributed by atoms with E-state index in [0.717, 1.165) is 42.8 Å². The van der Waals surface area contributed by atoms with Gasteiger partial charge in [0.05, 0.1) is 11.9 Å². The minimum Gasteiger partial charge on any atom is -0.416 e. The second-order valence-electron chi connectivity index (χ2n) is 7.18. The Labute approximate surface area is 172 Å². The van der Waals surface area contributed by atoms with Crippen molar-refractivity contribution in [2.45, 2.75) is 25.7 Å². The quantitative estimate of drug-likeness (QED) is 0.536. The van der Waals surface area contributed by atoms with Crippen molar-refractivity contribution in [3.05, 3.63) is 58.1 Å². The SMILES string of the molecule is Cc1ccc(-c2nnc(-c3cnn4c(C5CCNCC5)cc(=O)[nH]c34)o2)cc1.Cl. The molecule has 0 unspecified atom stereocenters. The van der Waals surface area contributed by atoms with Crippen LogP contribution in [0, 0.1) is 6.92 Å². The highest BCUT2D eigenvalue weighted by molar-refractivity contribution is 5.85. The van der Waals surface area contributed by atoms with Crippen LogP contribution in [0.2, 0.25) is 0 Å². The maximum absolute atomic E-state index is 12.3. The number of benzene rings is 1. The summed E-state index contributed by atoms with van der Waals surface area (Å²) in [5, 5.41) is 16.2. The van der Waals surface area contributed by atoms with Gasteiger partial charge in [0.2, 0.25) is 5.89 Å². The highest BCUT2D eigenvalue weighted by atomic mass is 35.5. The molecular weight excluding hydrogens is 392 g/mol. The highest BCUT2D eigenvalue weighted by Crippen LogP contribution is 2.29. The summed E-state index contributed by atoms with van der Waals surface area (Å²) in [7, 11) is 0. The monoisotopic (exact) mass is 412 g/mol. The van der Waals surface area contributed by atoms with E-state index >= 15 is 0 Å². The van der Waals surface area contributed by atoms with Crippen molar-refractivity contribution >= 4 is 18.1 Å². The van der Waals surface area contributed by atoms with Crippen LogP contribution in [-0.2, 0) is 0 Å². The number of fused-ring (bicyclic) bond motifs is 1. The molecule has 1 saturated heterocycles. The fourth-order valence-electron chi connectivity index (χ4n) is 3.72. The van der Waals surface area contributed by atoms with Gasteiger partial charge in [0.25, 0.3) is 11.4 Å². The smallest absolute Gasteiger partial charge is 0.253 e. The minimum absolute atomic E-state index is 0. The Bertz CT molecular complexity index is 1190. The number of rotatable bonds is 3. The first-order valence-electron chi connectivity index (χ1n) is 9.41. The van der Waals surface area contributed by atoms with Gasteiger partial charge in [0, 0.05) is 17.5 Å². The van der Waals surface area contributed by atoms with Crippen LogP contribution in [0.15, 0.2) is 45.7 Å². The van der Waals surface area contributed by atoms with Crippen LogP contribution in [0.1, 0.15) is 30.0 Å². The topological polar surface area (TPSA) is 101 Å². The first-order chi connectivity index (χ1) is 13.7. The molecule has 0 saturated carbocycles. The van der Waals surface area contributed by atoms with Crippen molar-refractivity contribution in [1.29, 1.82) is 0 Å². The highest BCUT2D eigenvalue weighted by Gasteiger charge is 2.22. The summed E-state index contributed by atoms with van der Waals surface area (Å²) in [6.07, 6.45) is 3.63. The van der Waals surface area contributed by atoms with E-state index in [4.69, 9.17) is 4.42 Å². The molecule has 0 aliphatic carbocycles. The number of hydrogen-bond donors (Lipinski definition) is 2. The van der Waals surface area contributed by atoms with Crippen LogP contribution in [0.5, 0.6) is 0 Å². The molecule has 150 valence electrons. The largest absolute Gasteiger partial charge is 0.416 e. The van der Waals surface area contributed by atoms with Gasteiger partial charge in [0.1, 0.15) is 11.2 Å². The van der Waals surface area contributed by atoms with Crippen molar-refractivity contribution < 1.29 is 4.42 Å². The first-order valence-corrected chi connectivity index (χ1v) is 9.41. The van der Waals surface area contributed by atoms with Gasteiger partial charge in [-0.05, 0) is 45.0 Å². The maximum Gasteiger partial charge on any atom is 0.253 e. The van der Waals surface area contributed by atoms with E-state index in [2.05, 4.69) is 25.6 Å². The van der Waals surface area contributed by atoms with E-state index in [1.165, 1.54) is 0 Å². The summed E-state index contributed by atoms with van der Waals surface area (Å²) in [5.41, 5.74) is 3.99. The number of piperidine rings is 1. The van der Waals surface area contributed by atoms with Gasteiger partial charge < -0.3 is 14.7 Å². The van der Waals surface area contributed by atoms with Gasteiger partial charge in [-0.1, -0.05) is 17.7 Å². The van der Waals surface area contributed by atoms with E-state index in [1.807, 2.05) is 31.2 Å². The first kappa shape index (κ1) is 19.4. The molecule has 0 amide bonds. The molecule has 0 bridgehead atoms. The molecular formula is C20H21ClN6O2. The third-order valence-corrected chi connectivity index (χ3v) is 5.25. The summed E-state index contributed by atoms with van der Waals surface area (Å²) in [5.74, 6) is 1.07. The molecule has 1 aromatic carbocycles. The molecule has 1 aliphatic heterocycles. The van der Waals surface area contributed by atoms with Crippen LogP contribution in [0.4, 0.5) is 0 Å². The number of nitrogens with one attached hydrogen (secondary N) is 2. The fourth-order valence-corrected chi connectivity index (χ4v) is 3.72. The van der Waals surface area contributed by atoms with Crippen LogP contribution < -0.4 is 10.9 Å². The molecule has 3 aromatic heterocycles. The van der Waals surface area contributed by atoms with Crippen molar-refractivity contribution in [3.63, 3.8) is 0 Å². The van der Waals surface area contributed by atoms with Crippen molar-refractivity contribution in [1.82, 2.24) is 30.1 Å². The lowest BCUT2D eigenvalue weighted by atomic mass is 9.94. The number of aromatic nitrogens is 5. The maximum atomic E-state index is 12.3. The Kier molecular flexibility index (Phi) is 5.21. The Morgan fingerprint density at radius 3 is 2.59 bits per heavy atom. The molecule has 1 fully saturated rings. The second kappa shape index (κ2) is 7.81. The van der Waals surface area contributed by atoms with Gasteiger partial charge in [-0.3, -0.25) is 4.79 Å². The molecule has 2 N–H and O–H groups in total. The molecule has 1 aliphatic rings. The van der Waals surface area contributed by atoms with Crippen LogP contribution in [0.25, 0.3) is 28.6 Å². The predicted molar refractivity (Wildman–Crippen MR) is 111 cm³/mol. The third kappa shape index (κ3) is 3.56. The molecule has 5 rings (SSSR count). The van der Waals surface area contributed by atoms with Crippen LogP contribution in [-0.4, -0.2) is 37.9 Å². The van der Waals surface area contributed by atoms with Gasteiger partial charge in [-0.15, -0.1) is 22.6 Å². The summed E-state index contributed by atoms with van der Waals surface area (Å²) < 4.78 is 7.67. The van der Waals surface area contributed by atoms with E-state index in [0.29, 0.717) is 28.9 Å². The van der Waals surface area contributed by atoms with E-state index in [1.54, 1.807) is 16.8 Å². The Morgan fingerprint density at radius 2 is 1.83 bits per heavy atom. The molecule has 8 nitrogen and oxygen atoms in total. The van der Waals surface area contributed by atoms with E-state index in [-0.39, 0.29) is 18.0 Å². The van der Waals surface area contributed by atoms with E-state index in [9.17, 15) is 4.79 Å². The molecule has 4 aromatic rings. The van der Waals surface area contributed by atoms with Crippen molar-refractivity contribution in [2.75, 3.05) is 13.1 Å². The number of nitrogens with zero attached hydrogens (tertiary/aromatic N) is 4. The summed E-state index contributed by atoms with van der Waals surface area (Å²) in [6.45, 7) is 3.91. The molecule has 4 heterocycles. The number of aryl methyl sites for hydroxylation is 1. The second-order valence-corrected chi connectivity index (χ2v) is 7.18. The van der Waals surface area contributed by atoms with Gasteiger partial charge in [0.15, 0.2) is 0 Å². The van der Waals surface area contributed by atoms with Gasteiger partial charge in [-0.2, -0.15) is 5.10 Å². The molecule has 9 heteroatoms. The van der Waals surface area contributed by atoms with E-state index < -0.39 is 0 Å². The molecule has 0 radical (unpaired) electrons. The zero-order valence-electron chi connectivity index (χ0n) is 15.9. The Morgan fingerprint density at radius 1 is 1.10 bits per heavy atom. The zero-order chi connectivity index (χ0) is 19.1. The fraction of sp³-hybridized carbons (Fsp3) is 0.300. The molecule has 0 spiro atoms. The Hall–Kier alpha value is -2.97. The van der Waals surface area contributed by atoms with Crippen molar-refractivity contribution in [3.8, 4) is 22.9 Å². The Balaban J connectivity index is 0.00000205. The number of hydrogen-bond acceptors (Lipinski definition) is 6. The summed E-state index contributed by atoms with van der Waals surface area (Å²) in [4.78, 5) is 15.2. The normalized spacial score (nSPS) is 14.8. The molecule has 0 atom stereocenters. The third-order valence-electron chi connectivity index (χ3n) is 5.25. The van der Waals surface area contributed by atoms with Crippen molar-refractivity contribution in [2.24, 2.45) is 0 Å². The standard InChI is InChI=1S/C20H20N6O2.ClH/c1-12-2-4-14(5-3-12)19-24-25-20(28-19)15-11-22-26-16(10-17(27)23-18(15)26)13-6-8-21-9-7-13;/h2-5,10-11,13,21H,6-9H2,1H3,(H,23,27);1H. The lowest BCUT2D eigenvalue weighted by Gasteiger charge is -2.23. The van der Waals surface area contributed by atoms with Gasteiger partial charge >= 0.3 is 0 Å². The van der Waals surface area contributed by atoms with Gasteiger partial charge in [-0.25, -0.2) is 4.52 Å². The zero-order valence-corrected chi connectivity index (χ0v) is 16.7. The lowest BCUT2D eigenvalue weighted by molar-refractivity contribution is 0.446. The molecule has 29 heavy (non-hydrogen) atoms. The number of H-pyrrole nitrogens is 1. The number of aromatic amines is 1. The lowest BCUT2D eigenvalue weighted by Crippen LogP contribution is -2.28. The average Bonchev–Trinajstić information content (AvgIpc) is 3.35. The summed E-state index contributed by atoms with van der Waals surface area (Å²) in [6, 6.07) is 9.53. The van der Waals surface area contributed by atoms with Crippen LogP contribution in [0.3, 0.4) is 0 Å². The van der Waals surface area contributed by atoms with Crippen LogP contribution >= 0.6 is 12.4 Å². The minimum atomic E-state index is -0.152.